The van der Waals surface area contributed by atoms with E-state index in [1.54, 1.807) is 17.7 Å². The van der Waals surface area contributed by atoms with E-state index in [0.717, 1.165) is 12.1 Å². The summed E-state index contributed by atoms with van der Waals surface area (Å²) in [5.41, 5.74) is 0.649. The number of fused-ring (bicyclic) bond motifs is 1. The van der Waals surface area contributed by atoms with Crippen molar-refractivity contribution < 1.29 is 17.7 Å². The summed E-state index contributed by atoms with van der Waals surface area (Å²) in [5.74, 6) is 0.451. The quantitative estimate of drug-likeness (QED) is 0.673. The minimum atomic E-state index is -4.42. The average Bonchev–Trinajstić information content (AvgIpc) is 2.83. The second-order valence-corrected chi connectivity index (χ2v) is 6.37. The fraction of sp³-hybridized carbons (Fsp3) is 0.200. The number of halogens is 3. The van der Waals surface area contributed by atoms with Gasteiger partial charge in [-0.05, 0) is 35.4 Å². The molecule has 120 valence electrons. The standard InChI is InChI=1S/C15H12F3N3OS/c1-21-12-4-3-9(15(16,17)18)7-11(12)20-14(21)10-5-6-19-8-13(10)23(2)22/h3-8H,1-2H3. The van der Waals surface area contributed by atoms with Gasteiger partial charge in [0.15, 0.2) is 4.90 Å². The zero-order valence-electron chi connectivity index (χ0n) is 12.3. The van der Waals surface area contributed by atoms with Gasteiger partial charge in [-0.25, -0.2) is 4.98 Å². The molecular weight excluding hydrogens is 327 g/mol. The van der Waals surface area contributed by atoms with Crippen LogP contribution in [0.2, 0.25) is 0 Å². The van der Waals surface area contributed by atoms with Gasteiger partial charge in [-0.3, -0.25) is 4.98 Å². The first kappa shape index (κ1) is 15.8. The van der Waals surface area contributed by atoms with Gasteiger partial charge in [-0.15, -0.1) is 0 Å². The number of nitrogens with zero attached hydrogens (tertiary/aromatic N) is 3. The molecule has 0 amide bonds. The van der Waals surface area contributed by atoms with Gasteiger partial charge >= 0.3 is 6.18 Å². The maximum atomic E-state index is 12.8. The van der Waals surface area contributed by atoms with E-state index in [0.29, 0.717) is 21.8 Å². The Morgan fingerprint density at radius 2 is 1.96 bits per heavy atom. The van der Waals surface area contributed by atoms with Gasteiger partial charge in [0, 0.05) is 13.2 Å². The lowest BCUT2D eigenvalue weighted by molar-refractivity contribution is -0.137. The van der Waals surface area contributed by atoms with Crippen LogP contribution in [0.25, 0.3) is 22.4 Å². The third-order valence-electron chi connectivity index (χ3n) is 3.54. The fourth-order valence-corrected chi connectivity index (χ4v) is 3.09. The van der Waals surface area contributed by atoms with Crippen LogP contribution in [0.3, 0.4) is 0 Å². The molecule has 0 fully saturated rings. The Labute approximate surface area is 133 Å². The maximum Gasteiger partial charge on any atom is 0.416 e. The van der Waals surface area contributed by atoms with Gasteiger partial charge in [0.2, 0.25) is 0 Å². The lowest BCUT2D eigenvalue weighted by Crippen LogP contribution is -2.04. The normalized spacial score (nSPS) is 13.5. The lowest BCUT2D eigenvalue weighted by atomic mass is 10.2. The molecule has 0 N–H and O–H groups in total. The molecule has 0 bridgehead atoms. The van der Waals surface area contributed by atoms with E-state index in [4.69, 9.17) is 0 Å². The van der Waals surface area contributed by atoms with Gasteiger partial charge < -0.3 is 9.12 Å². The fourth-order valence-electron chi connectivity index (χ4n) is 2.41. The molecule has 3 rings (SSSR count). The van der Waals surface area contributed by atoms with Gasteiger partial charge in [-0.1, -0.05) is 0 Å². The Kier molecular flexibility index (Phi) is 3.81. The number of hydrogen-bond acceptors (Lipinski definition) is 3. The van der Waals surface area contributed by atoms with E-state index in [9.17, 15) is 17.7 Å². The maximum absolute atomic E-state index is 12.8. The van der Waals surface area contributed by atoms with E-state index in [1.807, 2.05) is 0 Å². The molecule has 0 aliphatic carbocycles. The van der Waals surface area contributed by atoms with Crippen LogP contribution in [0, 0.1) is 0 Å². The summed E-state index contributed by atoms with van der Waals surface area (Å²) in [5, 5.41) is 0. The number of rotatable bonds is 2. The summed E-state index contributed by atoms with van der Waals surface area (Å²) in [4.78, 5) is 8.73. The van der Waals surface area contributed by atoms with Crippen molar-refractivity contribution in [1.82, 2.24) is 14.5 Å². The van der Waals surface area contributed by atoms with Crippen molar-refractivity contribution >= 4 is 22.2 Å². The minimum Gasteiger partial charge on any atom is -0.612 e. The third kappa shape index (κ3) is 2.79. The van der Waals surface area contributed by atoms with E-state index in [1.165, 1.54) is 24.7 Å². The van der Waals surface area contributed by atoms with Crippen molar-refractivity contribution in [2.24, 2.45) is 7.05 Å². The first-order valence-electron chi connectivity index (χ1n) is 6.60. The minimum absolute atomic E-state index is 0.238. The SMILES string of the molecule is Cn1c(-c2ccncc2[S+](C)[O-])nc2cc(C(F)(F)F)ccc21. The van der Waals surface area contributed by atoms with Crippen molar-refractivity contribution in [3.63, 3.8) is 0 Å². The number of aryl methyl sites for hydroxylation is 1. The first-order valence-corrected chi connectivity index (χ1v) is 8.16. The van der Waals surface area contributed by atoms with E-state index >= 15 is 0 Å². The number of aromatic nitrogens is 3. The van der Waals surface area contributed by atoms with Crippen molar-refractivity contribution in [3.8, 4) is 11.4 Å². The molecule has 0 aliphatic heterocycles. The van der Waals surface area contributed by atoms with Gasteiger partial charge in [-0.2, -0.15) is 13.2 Å². The average molecular weight is 339 g/mol. The molecule has 3 aromatic rings. The molecule has 0 aliphatic rings. The molecule has 2 aromatic heterocycles. The summed E-state index contributed by atoms with van der Waals surface area (Å²) >= 11 is -1.29. The highest BCUT2D eigenvalue weighted by atomic mass is 32.2. The highest BCUT2D eigenvalue weighted by Gasteiger charge is 2.31. The van der Waals surface area contributed by atoms with Crippen LogP contribution in [-0.2, 0) is 24.4 Å². The molecule has 0 saturated heterocycles. The van der Waals surface area contributed by atoms with Gasteiger partial charge in [0.25, 0.3) is 0 Å². The van der Waals surface area contributed by atoms with Crippen molar-refractivity contribution in [2.45, 2.75) is 11.1 Å². The van der Waals surface area contributed by atoms with Gasteiger partial charge in [0.1, 0.15) is 12.1 Å². The van der Waals surface area contributed by atoms with Crippen LogP contribution in [0.15, 0.2) is 41.6 Å². The summed E-state index contributed by atoms with van der Waals surface area (Å²) in [7, 11) is 1.71. The van der Waals surface area contributed by atoms with E-state index < -0.39 is 22.9 Å². The summed E-state index contributed by atoms with van der Waals surface area (Å²) in [6.07, 6.45) is 0.113. The highest BCUT2D eigenvalue weighted by Crippen LogP contribution is 2.33. The molecule has 0 radical (unpaired) electrons. The number of imidazole rings is 1. The molecule has 4 nitrogen and oxygen atoms in total. The summed E-state index contributed by atoms with van der Waals surface area (Å²) in [6.45, 7) is 0. The smallest absolute Gasteiger partial charge is 0.416 e. The number of pyridine rings is 1. The second-order valence-electron chi connectivity index (χ2n) is 5.02. The molecule has 1 atom stereocenters. The Morgan fingerprint density at radius 1 is 1.22 bits per heavy atom. The molecule has 8 heteroatoms. The van der Waals surface area contributed by atoms with Crippen LogP contribution in [-0.4, -0.2) is 25.3 Å². The number of hydrogen-bond donors (Lipinski definition) is 0. The van der Waals surface area contributed by atoms with Gasteiger partial charge in [0.05, 0.1) is 28.4 Å². The Hall–Kier alpha value is -2.06. The predicted molar refractivity (Wildman–Crippen MR) is 81.3 cm³/mol. The predicted octanol–water partition coefficient (Wildman–Crippen LogP) is 3.39. The van der Waals surface area contributed by atoms with Crippen molar-refractivity contribution in [2.75, 3.05) is 6.26 Å². The van der Waals surface area contributed by atoms with Crippen molar-refractivity contribution in [1.29, 1.82) is 0 Å². The van der Waals surface area contributed by atoms with E-state index in [-0.39, 0.29) is 5.52 Å². The molecule has 0 spiro atoms. The molecule has 1 aromatic carbocycles. The van der Waals surface area contributed by atoms with Crippen LogP contribution in [0.1, 0.15) is 5.56 Å². The first-order chi connectivity index (χ1) is 10.8. The summed E-state index contributed by atoms with van der Waals surface area (Å²) < 4.78 is 52.0. The van der Waals surface area contributed by atoms with Crippen LogP contribution >= 0.6 is 0 Å². The zero-order chi connectivity index (χ0) is 16.8. The van der Waals surface area contributed by atoms with Crippen LogP contribution < -0.4 is 0 Å². The van der Waals surface area contributed by atoms with Crippen molar-refractivity contribution in [3.05, 3.63) is 42.2 Å². The Morgan fingerprint density at radius 3 is 2.61 bits per heavy atom. The third-order valence-corrected chi connectivity index (χ3v) is 4.49. The largest absolute Gasteiger partial charge is 0.612 e. The highest BCUT2D eigenvalue weighted by molar-refractivity contribution is 7.90. The Bertz CT molecular complexity index is 874. The molecule has 1 unspecified atom stereocenters. The second kappa shape index (κ2) is 5.54. The molecule has 23 heavy (non-hydrogen) atoms. The molecule has 0 saturated carbocycles. The monoisotopic (exact) mass is 339 g/mol. The summed E-state index contributed by atoms with van der Waals surface area (Å²) in [6, 6.07) is 5.09. The lowest BCUT2D eigenvalue weighted by Gasteiger charge is -2.09. The number of alkyl halides is 3. The topological polar surface area (TPSA) is 53.8 Å². The van der Waals surface area contributed by atoms with Crippen LogP contribution in [0.4, 0.5) is 13.2 Å². The van der Waals surface area contributed by atoms with E-state index in [2.05, 4.69) is 9.97 Å². The van der Waals surface area contributed by atoms with Crippen LogP contribution in [0.5, 0.6) is 0 Å². The zero-order valence-corrected chi connectivity index (χ0v) is 13.1. The molecular formula is C15H12F3N3OS. The Balaban J connectivity index is 2.22. The molecule has 2 heterocycles. The number of benzene rings is 1.